The fourth-order valence-electron chi connectivity index (χ4n) is 3.63. The third kappa shape index (κ3) is 4.24. The molecular weight excluding hydrogens is 220 g/mol. The topological polar surface area (TPSA) is 15.3 Å². The van der Waals surface area contributed by atoms with Crippen molar-refractivity contribution in [1.29, 1.82) is 0 Å². The quantitative estimate of drug-likeness (QED) is 0.812. The van der Waals surface area contributed by atoms with Crippen molar-refractivity contribution in [3.63, 3.8) is 0 Å². The van der Waals surface area contributed by atoms with Crippen LogP contribution >= 0.6 is 0 Å². The average Bonchev–Trinajstić information content (AvgIpc) is 2.55. The van der Waals surface area contributed by atoms with E-state index in [1.165, 1.54) is 64.8 Å². The van der Waals surface area contributed by atoms with Crippen molar-refractivity contribution in [2.45, 2.75) is 52.9 Å². The van der Waals surface area contributed by atoms with Crippen molar-refractivity contribution >= 4 is 0 Å². The second-order valence-electron chi connectivity index (χ2n) is 7.49. The Hall–Kier alpha value is -0.0800. The summed E-state index contributed by atoms with van der Waals surface area (Å²) in [6.07, 6.45) is 7.03. The van der Waals surface area contributed by atoms with Gasteiger partial charge in [0.1, 0.15) is 0 Å². The average molecular weight is 252 g/mol. The highest BCUT2D eigenvalue weighted by molar-refractivity contribution is 4.80. The molecule has 2 heterocycles. The van der Waals surface area contributed by atoms with E-state index < -0.39 is 0 Å². The number of hydrogen-bond acceptors (Lipinski definition) is 2. The van der Waals surface area contributed by atoms with E-state index in [1.807, 2.05) is 0 Å². The second-order valence-corrected chi connectivity index (χ2v) is 7.49. The highest BCUT2D eigenvalue weighted by Gasteiger charge is 2.27. The maximum Gasteiger partial charge on any atom is 0.00106 e. The van der Waals surface area contributed by atoms with Gasteiger partial charge in [-0.15, -0.1) is 0 Å². The van der Waals surface area contributed by atoms with Gasteiger partial charge in [-0.2, -0.15) is 0 Å². The predicted molar refractivity (Wildman–Crippen MR) is 78.8 cm³/mol. The molecule has 2 rings (SSSR count). The summed E-state index contributed by atoms with van der Waals surface area (Å²) < 4.78 is 0. The number of hydrogen-bond donors (Lipinski definition) is 1. The van der Waals surface area contributed by atoms with Crippen LogP contribution in [-0.4, -0.2) is 37.6 Å². The van der Waals surface area contributed by atoms with Crippen LogP contribution in [0.1, 0.15) is 52.9 Å². The van der Waals surface area contributed by atoms with Crippen LogP contribution in [0.4, 0.5) is 0 Å². The number of piperidine rings is 1. The van der Waals surface area contributed by atoms with Gasteiger partial charge >= 0.3 is 0 Å². The molecule has 0 aromatic carbocycles. The molecular formula is C16H32N2. The van der Waals surface area contributed by atoms with Gasteiger partial charge in [0.05, 0.1) is 0 Å². The summed E-state index contributed by atoms with van der Waals surface area (Å²) in [5.74, 6) is 1.88. The van der Waals surface area contributed by atoms with Crippen LogP contribution in [0.3, 0.4) is 0 Å². The highest BCUT2D eigenvalue weighted by atomic mass is 15.1. The van der Waals surface area contributed by atoms with Crippen LogP contribution in [0.25, 0.3) is 0 Å². The number of likely N-dealkylation sites (tertiary alicyclic amines) is 1. The van der Waals surface area contributed by atoms with E-state index in [9.17, 15) is 0 Å². The maximum absolute atomic E-state index is 3.47. The van der Waals surface area contributed by atoms with E-state index in [4.69, 9.17) is 0 Å². The summed E-state index contributed by atoms with van der Waals surface area (Å²) in [6, 6.07) is 0. The standard InChI is InChI=1S/C16H32N2/c1-16(2,3)15-5-4-11-18(12-8-15)13-14-6-9-17-10-7-14/h14-15,17H,4-13H2,1-3H3. The Kier molecular flexibility index (Phi) is 5.08. The lowest BCUT2D eigenvalue weighted by Crippen LogP contribution is -2.36. The Bertz CT molecular complexity index is 238. The third-order valence-electron chi connectivity index (χ3n) is 5.02. The molecule has 0 bridgehead atoms. The molecule has 2 aliphatic heterocycles. The van der Waals surface area contributed by atoms with Crippen LogP contribution in [0.15, 0.2) is 0 Å². The van der Waals surface area contributed by atoms with Crippen LogP contribution in [0.2, 0.25) is 0 Å². The van der Waals surface area contributed by atoms with Crippen molar-refractivity contribution < 1.29 is 0 Å². The fraction of sp³-hybridized carbons (Fsp3) is 1.00. The molecule has 0 radical (unpaired) electrons. The summed E-state index contributed by atoms with van der Waals surface area (Å²) in [5.41, 5.74) is 0.505. The lowest BCUT2D eigenvalue weighted by atomic mass is 9.77. The molecule has 2 nitrogen and oxygen atoms in total. The van der Waals surface area contributed by atoms with Crippen molar-refractivity contribution in [3.8, 4) is 0 Å². The van der Waals surface area contributed by atoms with Crippen molar-refractivity contribution in [2.24, 2.45) is 17.3 Å². The van der Waals surface area contributed by atoms with Gasteiger partial charge in [0, 0.05) is 6.54 Å². The van der Waals surface area contributed by atoms with Gasteiger partial charge in [-0.1, -0.05) is 20.8 Å². The van der Waals surface area contributed by atoms with E-state index in [1.54, 1.807) is 0 Å². The van der Waals surface area contributed by atoms with Crippen molar-refractivity contribution in [2.75, 3.05) is 32.7 Å². The van der Waals surface area contributed by atoms with Gasteiger partial charge in [-0.25, -0.2) is 0 Å². The Balaban J connectivity index is 1.78. The second kappa shape index (κ2) is 6.38. The zero-order chi connectivity index (χ0) is 13.0. The summed E-state index contributed by atoms with van der Waals surface area (Å²) >= 11 is 0. The molecule has 0 spiro atoms. The van der Waals surface area contributed by atoms with Crippen molar-refractivity contribution in [3.05, 3.63) is 0 Å². The lowest BCUT2D eigenvalue weighted by Gasteiger charge is -2.31. The van der Waals surface area contributed by atoms with E-state index in [0.717, 1.165) is 11.8 Å². The third-order valence-corrected chi connectivity index (χ3v) is 5.02. The molecule has 0 aromatic heterocycles. The monoisotopic (exact) mass is 252 g/mol. The summed E-state index contributed by atoms with van der Waals surface area (Å²) in [4.78, 5) is 2.75. The maximum atomic E-state index is 3.47. The molecule has 2 aliphatic rings. The molecule has 1 N–H and O–H groups in total. The molecule has 0 aliphatic carbocycles. The number of nitrogens with one attached hydrogen (secondary N) is 1. The molecule has 1 atom stereocenters. The predicted octanol–water partition coefficient (Wildman–Crippen LogP) is 3.13. The van der Waals surface area contributed by atoms with Gasteiger partial charge in [0.15, 0.2) is 0 Å². The molecule has 106 valence electrons. The number of nitrogens with zero attached hydrogens (tertiary/aromatic N) is 1. The normalized spacial score (nSPS) is 29.2. The van der Waals surface area contributed by atoms with Crippen LogP contribution in [-0.2, 0) is 0 Å². The Morgan fingerprint density at radius 3 is 2.39 bits per heavy atom. The van der Waals surface area contributed by atoms with Crippen molar-refractivity contribution in [1.82, 2.24) is 10.2 Å². The molecule has 2 fully saturated rings. The highest BCUT2D eigenvalue weighted by Crippen LogP contribution is 2.34. The molecule has 0 amide bonds. The van der Waals surface area contributed by atoms with E-state index in [-0.39, 0.29) is 0 Å². The van der Waals surface area contributed by atoms with Gasteiger partial charge in [0.2, 0.25) is 0 Å². The van der Waals surface area contributed by atoms with Crippen LogP contribution in [0, 0.1) is 17.3 Å². The SMILES string of the molecule is CC(C)(C)C1CCCN(CC2CCNCC2)CC1. The molecule has 1 unspecified atom stereocenters. The Morgan fingerprint density at radius 1 is 1.00 bits per heavy atom. The van der Waals surface area contributed by atoms with E-state index >= 15 is 0 Å². The molecule has 0 aromatic rings. The molecule has 18 heavy (non-hydrogen) atoms. The van der Waals surface area contributed by atoms with Gasteiger partial charge in [-0.05, 0) is 75.5 Å². The number of rotatable bonds is 2. The lowest BCUT2D eigenvalue weighted by molar-refractivity contribution is 0.189. The minimum Gasteiger partial charge on any atom is -0.317 e. The minimum absolute atomic E-state index is 0.505. The Labute approximate surface area is 114 Å². The Morgan fingerprint density at radius 2 is 1.72 bits per heavy atom. The zero-order valence-corrected chi connectivity index (χ0v) is 12.7. The minimum atomic E-state index is 0.505. The molecule has 0 saturated carbocycles. The first-order valence-corrected chi connectivity index (χ1v) is 7.99. The summed E-state index contributed by atoms with van der Waals surface area (Å²) in [7, 11) is 0. The fourth-order valence-corrected chi connectivity index (χ4v) is 3.63. The van der Waals surface area contributed by atoms with Gasteiger partial charge in [-0.3, -0.25) is 0 Å². The first-order chi connectivity index (χ1) is 8.55. The first kappa shape index (κ1) is 14.3. The first-order valence-electron chi connectivity index (χ1n) is 7.99. The largest absolute Gasteiger partial charge is 0.317 e. The molecule has 2 heteroatoms. The molecule has 2 saturated heterocycles. The van der Waals surface area contributed by atoms with E-state index in [0.29, 0.717) is 5.41 Å². The van der Waals surface area contributed by atoms with Gasteiger partial charge in [0.25, 0.3) is 0 Å². The summed E-state index contributed by atoms with van der Waals surface area (Å²) in [6.45, 7) is 13.8. The summed E-state index contributed by atoms with van der Waals surface area (Å²) in [5, 5.41) is 3.47. The van der Waals surface area contributed by atoms with Crippen LogP contribution < -0.4 is 5.32 Å². The van der Waals surface area contributed by atoms with Gasteiger partial charge < -0.3 is 10.2 Å². The van der Waals surface area contributed by atoms with Crippen LogP contribution in [0.5, 0.6) is 0 Å². The smallest absolute Gasteiger partial charge is 0.00106 e. The zero-order valence-electron chi connectivity index (χ0n) is 12.7. The van der Waals surface area contributed by atoms with E-state index in [2.05, 4.69) is 31.0 Å².